The second-order valence-electron chi connectivity index (χ2n) is 7.50. The molecule has 1 fully saturated rings. The number of morpholine rings is 1. The molecule has 0 saturated carbocycles. The van der Waals surface area contributed by atoms with Gasteiger partial charge in [-0.3, -0.25) is 9.78 Å². The van der Waals surface area contributed by atoms with E-state index in [1.54, 1.807) is 13.3 Å². The highest BCUT2D eigenvalue weighted by molar-refractivity contribution is 9.10. The van der Waals surface area contributed by atoms with Crippen molar-refractivity contribution in [2.24, 2.45) is 0 Å². The number of nitrogens with zero attached hydrogens (tertiary/aromatic N) is 2. The Morgan fingerprint density at radius 2 is 1.87 bits per heavy atom. The molecule has 7 heteroatoms. The fraction of sp³-hybridized carbons (Fsp3) is 0.304. The number of para-hydroxylation sites is 1. The molecule has 0 radical (unpaired) electrons. The van der Waals surface area contributed by atoms with Crippen molar-refractivity contribution < 1.29 is 14.3 Å². The van der Waals surface area contributed by atoms with Crippen LogP contribution in [0.4, 0.5) is 11.4 Å². The minimum absolute atomic E-state index is 0.195. The number of nitrogens with one attached hydrogen (secondary N) is 1. The molecule has 2 atom stereocenters. The van der Waals surface area contributed by atoms with Crippen molar-refractivity contribution in [1.29, 1.82) is 0 Å². The maximum absolute atomic E-state index is 12.9. The molecule has 0 bridgehead atoms. The van der Waals surface area contributed by atoms with Gasteiger partial charge in [0.05, 0.1) is 24.8 Å². The molecule has 2 heterocycles. The van der Waals surface area contributed by atoms with Crippen molar-refractivity contribution in [3.8, 4) is 5.75 Å². The summed E-state index contributed by atoms with van der Waals surface area (Å²) in [6.07, 6.45) is 1.94. The van der Waals surface area contributed by atoms with E-state index >= 15 is 0 Å². The van der Waals surface area contributed by atoms with Gasteiger partial charge in [0.2, 0.25) is 0 Å². The third-order valence-electron chi connectivity index (χ3n) is 5.16. The molecule has 30 heavy (non-hydrogen) atoms. The van der Waals surface area contributed by atoms with Crippen LogP contribution < -0.4 is 15.0 Å². The SMILES string of the molecule is COc1c(C(=O)Nc2ccc(N3C[C@@H](C)O[C@@H](C)C3)cc2)cnc2c(Br)cccc12. The normalized spacial score (nSPS) is 19.0. The molecule has 1 aliphatic rings. The summed E-state index contributed by atoms with van der Waals surface area (Å²) in [5, 5.41) is 3.73. The van der Waals surface area contributed by atoms with Crippen LogP contribution in [-0.4, -0.2) is 43.3 Å². The minimum Gasteiger partial charge on any atom is -0.495 e. The zero-order valence-corrected chi connectivity index (χ0v) is 18.8. The highest BCUT2D eigenvalue weighted by Gasteiger charge is 2.22. The van der Waals surface area contributed by atoms with Gasteiger partial charge < -0.3 is 19.7 Å². The Labute approximate surface area is 184 Å². The summed E-state index contributed by atoms with van der Waals surface area (Å²) in [7, 11) is 1.56. The third kappa shape index (κ3) is 4.13. The van der Waals surface area contributed by atoms with E-state index in [0.29, 0.717) is 11.3 Å². The van der Waals surface area contributed by atoms with Gasteiger partial charge in [0.1, 0.15) is 11.3 Å². The number of rotatable bonds is 4. The van der Waals surface area contributed by atoms with E-state index in [1.165, 1.54) is 0 Å². The van der Waals surface area contributed by atoms with E-state index in [-0.39, 0.29) is 18.1 Å². The standard InChI is InChI=1S/C23H24BrN3O3/c1-14-12-27(13-15(2)30-14)17-9-7-16(8-10-17)26-23(28)19-11-25-21-18(22(19)29-3)5-4-6-20(21)24/h4-11,14-15H,12-13H2,1-3H3,(H,26,28)/t14-,15+. The molecule has 4 rings (SSSR count). The second kappa shape index (κ2) is 8.62. The van der Waals surface area contributed by atoms with Crippen molar-refractivity contribution in [3.63, 3.8) is 0 Å². The number of carbonyl (C=O) groups is 1. The molecule has 2 aromatic carbocycles. The molecule has 1 amide bonds. The summed E-state index contributed by atoms with van der Waals surface area (Å²) in [4.78, 5) is 19.7. The lowest BCUT2D eigenvalue weighted by Crippen LogP contribution is -2.45. The molecule has 156 valence electrons. The van der Waals surface area contributed by atoms with Crippen molar-refractivity contribution in [1.82, 2.24) is 4.98 Å². The average molecular weight is 470 g/mol. The summed E-state index contributed by atoms with van der Waals surface area (Å²) in [5.74, 6) is 0.245. The summed E-state index contributed by atoms with van der Waals surface area (Å²) in [5.41, 5.74) is 2.98. The highest BCUT2D eigenvalue weighted by Crippen LogP contribution is 2.32. The van der Waals surface area contributed by atoms with Crippen LogP contribution in [0.25, 0.3) is 10.9 Å². The van der Waals surface area contributed by atoms with Crippen LogP contribution in [0, 0.1) is 0 Å². The summed E-state index contributed by atoms with van der Waals surface area (Å²) < 4.78 is 12.2. The average Bonchev–Trinajstić information content (AvgIpc) is 2.73. The van der Waals surface area contributed by atoms with Gasteiger partial charge in [-0.05, 0) is 66.2 Å². The maximum Gasteiger partial charge on any atom is 0.261 e. The van der Waals surface area contributed by atoms with Gasteiger partial charge in [-0.25, -0.2) is 0 Å². The van der Waals surface area contributed by atoms with Crippen LogP contribution in [0.1, 0.15) is 24.2 Å². The molecule has 1 aliphatic heterocycles. The number of carbonyl (C=O) groups excluding carboxylic acids is 1. The number of fused-ring (bicyclic) bond motifs is 1. The largest absolute Gasteiger partial charge is 0.495 e. The Kier molecular flexibility index (Phi) is 5.92. The quantitative estimate of drug-likeness (QED) is 0.590. The van der Waals surface area contributed by atoms with E-state index in [0.717, 1.165) is 39.8 Å². The van der Waals surface area contributed by atoms with Crippen LogP contribution in [-0.2, 0) is 4.74 Å². The number of hydrogen-bond acceptors (Lipinski definition) is 5. The Morgan fingerprint density at radius 3 is 2.53 bits per heavy atom. The summed E-state index contributed by atoms with van der Waals surface area (Å²) in [6.45, 7) is 5.87. The van der Waals surface area contributed by atoms with Crippen LogP contribution in [0.15, 0.2) is 53.1 Å². The molecule has 6 nitrogen and oxygen atoms in total. The van der Waals surface area contributed by atoms with Crippen LogP contribution >= 0.6 is 15.9 Å². The predicted molar refractivity (Wildman–Crippen MR) is 123 cm³/mol. The molecule has 0 aliphatic carbocycles. The topological polar surface area (TPSA) is 63.7 Å². The zero-order valence-electron chi connectivity index (χ0n) is 17.2. The smallest absolute Gasteiger partial charge is 0.261 e. The van der Waals surface area contributed by atoms with Gasteiger partial charge in [0, 0.05) is 40.5 Å². The lowest BCUT2D eigenvalue weighted by Gasteiger charge is -2.36. The van der Waals surface area contributed by atoms with Crippen molar-refractivity contribution in [2.75, 3.05) is 30.4 Å². The van der Waals surface area contributed by atoms with E-state index in [2.05, 4.69) is 45.0 Å². The number of anilines is 2. The van der Waals surface area contributed by atoms with Gasteiger partial charge in [-0.2, -0.15) is 0 Å². The first-order valence-corrected chi connectivity index (χ1v) is 10.7. The zero-order chi connectivity index (χ0) is 21.3. The van der Waals surface area contributed by atoms with Gasteiger partial charge in [-0.1, -0.05) is 6.07 Å². The molecule has 1 aromatic heterocycles. The monoisotopic (exact) mass is 469 g/mol. The summed E-state index contributed by atoms with van der Waals surface area (Å²) in [6, 6.07) is 13.6. The molecule has 3 aromatic rings. The molecular formula is C23H24BrN3O3. The number of benzene rings is 2. The predicted octanol–water partition coefficient (Wildman–Crippen LogP) is 4.87. The number of aromatic nitrogens is 1. The van der Waals surface area contributed by atoms with Gasteiger partial charge in [0.15, 0.2) is 0 Å². The first-order chi connectivity index (χ1) is 14.5. The lowest BCUT2D eigenvalue weighted by molar-refractivity contribution is -0.00521. The van der Waals surface area contributed by atoms with E-state index in [9.17, 15) is 4.79 Å². The van der Waals surface area contributed by atoms with E-state index in [4.69, 9.17) is 9.47 Å². The third-order valence-corrected chi connectivity index (χ3v) is 5.80. The number of pyridine rings is 1. The van der Waals surface area contributed by atoms with Crippen molar-refractivity contribution in [2.45, 2.75) is 26.1 Å². The number of ether oxygens (including phenoxy) is 2. The fourth-order valence-corrected chi connectivity index (χ4v) is 4.36. The van der Waals surface area contributed by atoms with Crippen LogP contribution in [0.3, 0.4) is 0 Å². The van der Waals surface area contributed by atoms with E-state index in [1.807, 2.05) is 42.5 Å². The fourth-order valence-electron chi connectivity index (χ4n) is 3.89. The Hall–Kier alpha value is -2.64. The molecule has 0 spiro atoms. The molecular weight excluding hydrogens is 446 g/mol. The minimum atomic E-state index is -0.261. The molecule has 1 N–H and O–H groups in total. The van der Waals surface area contributed by atoms with Gasteiger partial charge in [0.25, 0.3) is 5.91 Å². The van der Waals surface area contributed by atoms with Crippen molar-refractivity contribution >= 4 is 44.1 Å². The van der Waals surface area contributed by atoms with Crippen LogP contribution in [0.2, 0.25) is 0 Å². The molecule has 1 saturated heterocycles. The highest BCUT2D eigenvalue weighted by atomic mass is 79.9. The second-order valence-corrected chi connectivity index (χ2v) is 8.36. The number of hydrogen-bond donors (Lipinski definition) is 1. The lowest BCUT2D eigenvalue weighted by atomic mass is 10.1. The Balaban J connectivity index is 1.54. The number of amides is 1. The van der Waals surface area contributed by atoms with Gasteiger partial charge in [-0.15, -0.1) is 0 Å². The first kappa shape index (κ1) is 20.6. The summed E-state index contributed by atoms with van der Waals surface area (Å²) >= 11 is 3.49. The van der Waals surface area contributed by atoms with E-state index < -0.39 is 0 Å². The van der Waals surface area contributed by atoms with Crippen LogP contribution in [0.5, 0.6) is 5.75 Å². The first-order valence-electron chi connectivity index (χ1n) is 9.89. The molecule has 0 unspecified atom stereocenters. The van der Waals surface area contributed by atoms with Gasteiger partial charge >= 0.3 is 0 Å². The number of methoxy groups -OCH3 is 1. The maximum atomic E-state index is 12.9. The number of halogens is 1. The Morgan fingerprint density at radius 1 is 1.17 bits per heavy atom. The van der Waals surface area contributed by atoms with Crippen molar-refractivity contribution in [3.05, 3.63) is 58.7 Å². The Bertz CT molecular complexity index is 1060.